The maximum Gasteiger partial charge on any atom is 0.239 e. The third-order valence-corrected chi connectivity index (χ3v) is 5.19. The molecule has 1 aliphatic rings. The Labute approximate surface area is 175 Å². The lowest BCUT2D eigenvalue weighted by molar-refractivity contribution is -0.120. The van der Waals surface area contributed by atoms with E-state index in [-0.39, 0.29) is 36.4 Å². The predicted octanol–water partition coefficient (Wildman–Crippen LogP) is 3.25. The highest BCUT2D eigenvalue weighted by Gasteiger charge is 2.29. The van der Waals surface area contributed by atoms with Crippen molar-refractivity contribution in [1.82, 2.24) is 15.5 Å². The lowest BCUT2D eigenvalue weighted by Crippen LogP contribution is -2.44. The Kier molecular flexibility index (Phi) is 10.6. The monoisotopic (exact) mass is 472 g/mol. The number of guanidine groups is 1. The summed E-state index contributed by atoms with van der Waals surface area (Å²) in [6.07, 6.45) is 3.69. The van der Waals surface area contributed by atoms with Crippen molar-refractivity contribution in [2.24, 2.45) is 16.8 Å². The second-order valence-corrected chi connectivity index (χ2v) is 6.73. The van der Waals surface area contributed by atoms with Gasteiger partial charge in [-0.1, -0.05) is 57.0 Å². The van der Waals surface area contributed by atoms with Crippen molar-refractivity contribution in [1.29, 1.82) is 0 Å². The number of halogens is 1. The molecular formula is C20H33IN4O. The highest BCUT2D eigenvalue weighted by Crippen LogP contribution is 2.28. The minimum Gasteiger partial charge on any atom is -0.350 e. The molecule has 2 rings (SSSR count). The molecular weight excluding hydrogens is 439 g/mol. The van der Waals surface area contributed by atoms with Gasteiger partial charge in [-0.15, -0.1) is 24.0 Å². The van der Waals surface area contributed by atoms with Crippen LogP contribution in [0, 0.1) is 11.8 Å². The summed E-state index contributed by atoms with van der Waals surface area (Å²) in [6.45, 7) is 7.43. The molecule has 26 heavy (non-hydrogen) atoms. The summed E-state index contributed by atoms with van der Waals surface area (Å²) in [5, 5.41) is 6.15. The predicted molar refractivity (Wildman–Crippen MR) is 119 cm³/mol. The molecule has 1 aliphatic heterocycles. The van der Waals surface area contributed by atoms with E-state index >= 15 is 0 Å². The van der Waals surface area contributed by atoms with E-state index in [4.69, 9.17) is 0 Å². The number of carbonyl (C=O) groups is 1. The van der Waals surface area contributed by atoms with E-state index in [1.165, 1.54) is 19.3 Å². The van der Waals surface area contributed by atoms with E-state index in [9.17, 15) is 4.79 Å². The number of likely N-dealkylation sites (tertiary alicyclic amines) is 1. The molecule has 1 amide bonds. The minimum atomic E-state index is -0.0132. The van der Waals surface area contributed by atoms with Gasteiger partial charge in [-0.3, -0.25) is 9.79 Å². The third kappa shape index (κ3) is 6.78. The zero-order chi connectivity index (χ0) is 18.1. The normalized spacial score (nSPS) is 17.2. The first kappa shape index (κ1) is 22.7. The molecule has 1 aromatic rings. The van der Waals surface area contributed by atoms with E-state index in [0.717, 1.165) is 36.4 Å². The largest absolute Gasteiger partial charge is 0.350 e. The van der Waals surface area contributed by atoms with Crippen LogP contribution in [0.3, 0.4) is 0 Å². The van der Waals surface area contributed by atoms with Crippen LogP contribution in [0.15, 0.2) is 35.3 Å². The third-order valence-electron chi connectivity index (χ3n) is 5.19. The topological polar surface area (TPSA) is 56.7 Å². The number of benzene rings is 1. The second-order valence-electron chi connectivity index (χ2n) is 6.73. The van der Waals surface area contributed by atoms with E-state index in [1.54, 1.807) is 7.05 Å². The van der Waals surface area contributed by atoms with Crippen LogP contribution < -0.4 is 10.6 Å². The van der Waals surface area contributed by atoms with Crippen LogP contribution in [0.25, 0.3) is 0 Å². The molecule has 1 heterocycles. The Bertz CT molecular complexity index is 560. The summed E-state index contributed by atoms with van der Waals surface area (Å²) in [6, 6.07) is 9.95. The fraction of sp³-hybridized carbons (Fsp3) is 0.600. The zero-order valence-corrected chi connectivity index (χ0v) is 18.5. The summed E-state index contributed by atoms with van der Waals surface area (Å²) in [4.78, 5) is 18.7. The van der Waals surface area contributed by atoms with Crippen molar-refractivity contribution in [2.75, 3.05) is 26.7 Å². The maximum atomic E-state index is 12.1. The molecule has 0 saturated carbocycles. The van der Waals surface area contributed by atoms with Crippen LogP contribution in [-0.4, -0.2) is 43.4 Å². The molecule has 1 saturated heterocycles. The average Bonchev–Trinajstić information content (AvgIpc) is 3.12. The SMILES string of the molecule is CCC(CC)C1CCN(C(=NC)NCC(=O)NCc2ccccc2)C1.I. The number of hydrogen-bond acceptors (Lipinski definition) is 2. The van der Waals surface area contributed by atoms with Gasteiger partial charge in [0.1, 0.15) is 0 Å². The number of nitrogens with one attached hydrogen (secondary N) is 2. The lowest BCUT2D eigenvalue weighted by Gasteiger charge is -2.24. The Morgan fingerprint density at radius 2 is 1.92 bits per heavy atom. The van der Waals surface area contributed by atoms with Gasteiger partial charge < -0.3 is 15.5 Å². The van der Waals surface area contributed by atoms with Crippen molar-refractivity contribution >= 4 is 35.8 Å². The molecule has 146 valence electrons. The quantitative estimate of drug-likeness (QED) is 0.364. The number of amides is 1. The lowest BCUT2D eigenvalue weighted by atomic mass is 9.87. The van der Waals surface area contributed by atoms with E-state index in [0.29, 0.717) is 6.54 Å². The highest BCUT2D eigenvalue weighted by atomic mass is 127. The highest BCUT2D eigenvalue weighted by molar-refractivity contribution is 14.0. The molecule has 0 radical (unpaired) electrons. The number of rotatable bonds is 7. The fourth-order valence-electron chi connectivity index (χ4n) is 3.67. The number of nitrogens with zero attached hydrogens (tertiary/aromatic N) is 2. The van der Waals surface area contributed by atoms with Gasteiger partial charge in [0, 0.05) is 26.7 Å². The molecule has 0 bridgehead atoms. The van der Waals surface area contributed by atoms with Gasteiger partial charge in [-0.25, -0.2) is 0 Å². The molecule has 5 nitrogen and oxygen atoms in total. The Hall–Kier alpha value is -1.31. The van der Waals surface area contributed by atoms with Gasteiger partial charge in [0.05, 0.1) is 6.54 Å². The fourth-order valence-corrected chi connectivity index (χ4v) is 3.67. The Morgan fingerprint density at radius 3 is 2.54 bits per heavy atom. The van der Waals surface area contributed by atoms with Gasteiger partial charge >= 0.3 is 0 Å². The molecule has 1 atom stereocenters. The molecule has 1 unspecified atom stereocenters. The molecule has 0 spiro atoms. The summed E-state index contributed by atoms with van der Waals surface area (Å²) in [5.41, 5.74) is 1.10. The maximum absolute atomic E-state index is 12.1. The van der Waals surface area contributed by atoms with Crippen molar-refractivity contribution in [3.8, 4) is 0 Å². The molecule has 0 aliphatic carbocycles. The van der Waals surface area contributed by atoms with Gasteiger partial charge in [-0.05, 0) is 23.8 Å². The number of hydrogen-bond donors (Lipinski definition) is 2. The van der Waals surface area contributed by atoms with Crippen LogP contribution in [-0.2, 0) is 11.3 Å². The number of carbonyl (C=O) groups excluding carboxylic acids is 1. The summed E-state index contributed by atoms with van der Waals surface area (Å²) in [7, 11) is 1.79. The van der Waals surface area contributed by atoms with E-state index in [2.05, 4.69) is 34.4 Å². The van der Waals surface area contributed by atoms with Crippen molar-refractivity contribution < 1.29 is 4.79 Å². The molecule has 1 fully saturated rings. The molecule has 2 N–H and O–H groups in total. The Morgan fingerprint density at radius 1 is 1.23 bits per heavy atom. The second kappa shape index (κ2) is 12.1. The first-order chi connectivity index (χ1) is 12.2. The first-order valence-electron chi connectivity index (χ1n) is 9.44. The van der Waals surface area contributed by atoms with E-state index in [1.807, 2.05) is 30.3 Å². The molecule has 0 aromatic heterocycles. The van der Waals surface area contributed by atoms with Gasteiger partial charge in [-0.2, -0.15) is 0 Å². The average molecular weight is 472 g/mol. The smallest absolute Gasteiger partial charge is 0.239 e. The first-order valence-corrected chi connectivity index (χ1v) is 9.44. The van der Waals surface area contributed by atoms with E-state index < -0.39 is 0 Å². The van der Waals surface area contributed by atoms with Crippen molar-refractivity contribution in [3.05, 3.63) is 35.9 Å². The van der Waals surface area contributed by atoms with Crippen molar-refractivity contribution in [3.63, 3.8) is 0 Å². The van der Waals surface area contributed by atoms with Crippen LogP contribution >= 0.6 is 24.0 Å². The summed E-state index contributed by atoms with van der Waals surface area (Å²) < 4.78 is 0. The van der Waals surface area contributed by atoms with Gasteiger partial charge in [0.2, 0.25) is 5.91 Å². The molecule has 6 heteroatoms. The van der Waals surface area contributed by atoms with Crippen molar-refractivity contribution in [2.45, 2.75) is 39.7 Å². The van der Waals surface area contributed by atoms with Crippen LogP contribution in [0.5, 0.6) is 0 Å². The van der Waals surface area contributed by atoms with Crippen LogP contribution in [0.4, 0.5) is 0 Å². The standard InChI is InChI=1S/C20H32N4O.HI/c1-4-17(5-2)18-11-12-24(15-18)20(21-3)23-14-19(25)22-13-16-9-7-6-8-10-16;/h6-10,17-18H,4-5,11-15H2,1-3H3,(H,21,23)(H,22,25);1H. The number of aliphatic imine (C=N–C) groups is 1. The van der Waals surface area contributed by atoms with Gasteiger partial charge in [0.15, 0.2) is 5.96 Å². The Balaban J connectivity index is 0.00000338. The summed E-state index contributed by atoms with van der Waals surface area (Å²) >= 11 is 0. The van der Waals surface area contributed by atoms with Crippen LogP contribution in [0.1, 0.15) is 38.7 Å². The van der Waals surface area contributed by atoms with Gasteiger partial charge in [0.25, 0.3) is 0 Å². The molecule has 1 aromatic carbocycles. The summed E-state index contributed by atoms with van der Waals surface area (Å²) in [5.74, 6) is 2.35. The van der Waals surface area contributed by atoms with Crippen LogP contribution in [0.2, 0.25) is 0 Å². The minimum absolute atomic E-state index is 0. The zero-order valence-electron chi connectivity index (χ0n) is 16.2.